The summed E-state index contributed by atoms with van der Waals surface area (Å²) >= 11 is 6.05. The van der Waals surface area contributed by atoms with Crippen molar-refractivity contribution in [2.75, 3.05) is 29.9 Å². The van der Waals surface area contributed by atoms with Gasteiger partial charge >= 0.3 is 0 Å². The van der Waals surface area contributed by atoms with Crippen LogP contribution in [0, 0.1) is 0 Å². The molecule has 0 unspecified atom stereocenters. The van der Waals surface area contributed by atoms with Crippen molar-refractivity contribution in [2.24, 2.45) is 0 Å². The molecule has 0 atom stereocenters. The number of halogens is 1. The average Bonchev–Trinajstić information content (AvgIpc) is 2.17. The first-order valence-corrected chi connectivity index (χ1v) is 5.04. The van der Waals surface area contributed by atoms with Crippen LogP contribution in [0.25, 0.3) is 0 Å². The van der Waals surface area contributed by atoms with Crippen LogP contribution in [0.4, 0.5) is 11.4 Å². The van der Waals surface area contributed by atoms with E-state index >= 15 is 0 Å². The van der Waals surface area contributed by atoms with Crippen LogP contribution in [0.2, 0.25) is 5.02 Å². The molecule has 0 aliphatic carbocycles. The second kappa shape index (κ2) is 4.08. The number of amides is 1. The Labute approximate surface area is 92.5 Å². The Bertz CT molecular complexity index is 395. The highest BCUT2D eigenvalue weighted by Gasteiger charge is 2.23. The molecule has 15 heavy (non-hydrogen) atoms. The van der Waals surface area contributed by atoms with Crippen LogP contribution in [0.3, 0.4) is 0 Å². The van der Waals surface area contributed by atoms with Gasteiger partial charge in [-0.3, -0.25) is 4.79 Å². The largest absolute Gasteiger partial charge is 0.395 e. The maximum atomic E-state index is 11.3. The van der Waals surface area contributed by atoms with Gasteiger partial charge in [0, 0.05) is 6.54 Å². The maximum absolute atomic E-state index is 11.3. The van der Waals surface area contributed by atoms with Gasteiger partial charge < -0.3 is 15.3 Å². The molecule has 0 bridgehead atoms. The number of hydrogen-bond donors (Lipinski definition) is 2. The smallest absolute Gasteiger partial charge is 0.243 e. The summed E-state index contributed by atoms with van der Waals surface area (Å²) in [4.78, 5) is 13.1. The third-order valence-electron chi connectivity index (χ3n) is 2.28. The number of aliphatic hydroxyl groups is 1. The molecule has 4 nitrogen and oxygen atoms in total. The molecule has 0 fully saturated rings. The van der Waals surface area contributed by atoms with Gasteiger partial charge in [0.2, 0.25) is 5.91 Å². The SMILES string of the molecule is O=C1CN(CCO)c2c(Cl)cccc2N1. The van der Waals surface area contributed by atoms with Gasteiger partial charge in [0.1, 0.15) is 0 Å². The van der Waals surface area contributed by atoms with Crippen LogP contribution in [-0.4, -0.2) is 30.7 Å². The summed E-state index contributed by atoms with van der Waals surface area (Å²) in [7, 11) is 0. The topological polar surface area (TPSA) is 52.6 Å². The number of nitrogens with zero attached hydrogens (tertiary/aromatic N) is 1. The van der Waals surface area contributed by atoms with E-state index in [-0.39, 0.29) is 19.1 Å². The highest BCUT2D eigenvalue weighted by atomic mass is 35.5. The average molecular weight is 227 g/mol. The fourth-order valence-electron chi connectivity index (χ4n) is 1.69. The lowest BCUT2D eigenvalue weighted by atomic mass is 10.2. The van der Waals surface area contributed by atoms with Gasteiger partial charge in [0.05, 0.1) is 29.5 Å². The van der Waals surface area contributed by atoms with Crippen molar-refractivity contribution in [3.8, 4) is 0 Å². The molecule has 1 amide bonds. The molecule has 1 aromatic rings. The first-order chi connectivity index (χ1) is 7.22. The molecule has 1 aliphatic rings. The summed E-state index contributed by atoms with van der Waals surface area (Å²) < 4.78 is 0. The molecule has 1 heterocycles. The molecule has 0 spiro atoms. The minimum atomic E-state index is -0.0850. The van der Waals surface area contributed by atoms with Gasteiger partial charge in [0.15, 0.2) is 0 Å². The molecule has 80 valence electrons. The number of fused-ring (bicyclic) bond motifs is 1. The van der Waals surface area contributed by atoms with E-state index in [4.69, 9.17) is 16.7 Å². The van der Waals surface area contributed by atoms with E-state index in [1.165, 1.54) is 0 Å². The van der Waals surface area contributed by atoms with E-state index in [1.54, 1.807) is 23.1 Å². The lowest BCUT2D eigenvalue weighted by Gasteiger charge is -2.31. The molecule has 0 saturated heterocycles. The van der Waals surface area contributed by atoms with E-state index in [1.807, 2.05) is 0 Å². The number of para-hydroxylation sites is 1. The van der Waals surface area contributed by atoms with Crippen molar-refractivity contribution in [2.45, 2.75) is 0 Å². The van der Waals surface area contributed by atoms with Gasteiger partial charge in [0.25, 0.3) is 0 Å². The molecular formula is C10H11ClN2O2. The van der Waals surface area contributed by atoms with Crippen molar-refractivity contribution in [3.63, 3.8) is 0 Å². The molecule has 1 aliphatic heterocycles. The van der Waals surface area contributed by atoms with Crippen LogP contribution >= 0.6 is 11.6 Å². The second-order valence-electron chi connectivity index (χ2n) is 3.33. The maximum Gasteiger partial charge on any atom is 0.243 e. The Morgan fingerprint density at radius 3 is 3.07 bits per heavy atom. The van der Waals surface area contributed by atoms with Crippen molar-refractivity contribution in [1.82, 2.24) is 0 Å². The summed E-state index contributed by atoms with van der Waals surface area (Å²) in [6.45, 7) is 0.638. The number of hydrogen-bond acceptors (Lipinski definition) is 3. The molecule has 2 rings (SSSR count). The van der Waals surface area contributed by atoms with Gasteiger partial charge in [-0.05, 0) is 12.1 Å². The quantitative estimate of drug-likeness (QED) is 0.794. The number of carbonyl (C=O) groups excluding carboxylic acids is 1. The molecule has 1 aromatic carbocycles. The van der Waals surface area contributed by atoms with Crippen molar-refractivity contribution in [3.05, 3.63) is 23.2 Å². The molecule has 0 saturated carbocycles. The first kappa shape index (κ1) is 10.3. The minimum absolute atomic E-state index is 0.00204. The summed E-state index contributed by atoms with van der Waals surface area (Å²) in [6.07, 6.45) is 0. The second-order valence-corrected chi connectivity index (χ2v) is 3.74. The highest BCUT2D eigenvalue weighted by Crippen LogP contribution is 2.35. The summed E-state index contributed by atoms with van der Waals surface area (Å²) in [5.74, 6) is -0.0850. The summed E-state index contributed by atoms with van der Waals surface area (Å²) in [5, 5.41) is 12.2. The number of aliphatic hydroxyl groups excluding tert-OH is 1. The third-order valence-corrected chi connectivity index (χ3v) is 2.59. The van der Waals surface area contributed by atoms with E-state index in [0.717, 1.165) is 5.69 Å². The Hall–Kier alpha value is -1.26. The summed E-state index contributed by atoms with van der Waals surface area (Å²) in [6, 6.07) is 5.34. The Balaban J connectivity index is 2.42. The Morgan fingerprint density at radius 2 is 2.33 bits per heavy atom. The molecule has 5 heteroatoms. The normalized spacial score (nSPS) is 14.8. The van der Waals surface area contributed by atoms with Crippen LogP contribution < -0.4 is 10.2 Å². The molecule has 0 radical (unpaired) electrons. The first-order valence-electron chi connectivity index (χ1n) is 4.66. The van der Waals surface area contributed by atoms with Gasteiger partial charge in [-0.15, -0.1) is 0 Å². The van der Waals surface area contributed by atoms with Crippen LogP contribution in [0.15, 0.2) is 18.2 Å². The predicted octanol–water partition coefficient (Wildman–Crippen LogP) is 1.09. The zero-order chi connectivity index (χ0) is 10.8. The van der Waals surface area contributed by atoms with Crippen molar-refractivity contribution < 1.29 is 9.90 Å². The van der Waals surface area contributed by atoms with Gasteiger partial charge in [-0.25, -0.2) is 0 Å². The number of benzene rings is 1. The Morgan fingerprint density at radius 1 is 1.53 bits per heavy atom. The van der Waals surface area contributed by atoms with Gasteiger partial charge in [-0.1, -0.05) is 17.7 Å². The van der Waals surface area contributed by atoms with Crippen LogP contribution in [0.5, 0.6) is 0 Å². The number of anilines is 2. The molecule has 0 aromatic heterocycles. The lowest BCUT2D eigenvalue weighted by Crippen LogP contribution is -2.39. The minimum Gasteiger partial charge on any atom is -0.395 e. The number of rotatable bonds is 2. The Kier molecular flexibility index (Phi) is 2.79. The fourth-order valence-corrected chi connectivity index (χ4v) is 1.99. The fraction of sp³-hybridized carbons (Fsp3) is 0.300. The molecule has 2 N–H and O–H groups in total. The summed E-state index contributed by atoms with van der Waals surface area (Å²) in [5.41, 5.74) is 1.49. The van der Waals surface area contributed by atoms with Gasteiger partial charge in [-0.2, -0.15) is 0 Å². The van der Waals surface area contributed by atoms with E-state index < -0.39 is 0 Å². The monoisotopic (exact) mass is 226 g/mol. The van der Waals surface area contributed by atoms with E-state index in [2.05, 4.69) is 5.32 Å². The predicted molar refractivity (Wildman–Crippen MR) is 59.4 cm³/mol. The van der Waals surface area contributed by atoms with Crippen LogP contribution in [-0.2, 0) is 4.79 Å². The van der Waals surface area contributed by atoms with E-state index in [9.17, 15) is 4.79 Å². The van der Waals surface area contributed by atoms with Crippen molar-refractivity contribution in [1.29, 1.82) is 0 Å². The lowest BCUT2D eigenvalue weighted by molar-refractivity contribution is -0.115. The zero-order valence-electron chi connectivity index (χ0n) is 8.03. The van der Waals surface area contributed by atoms with Crippen molar-refractivity contribution >= 4 is 28.9 Å². The number of β-amino-alcohol motifs (C(OH)–C–C–N with tert-alkyl or cyclic N) is 1. The molecular weight excluding hydrogens is 216 g/mol. The van der Waals surface area contributed by atoms with Crippen LogP contribution in [0.1, 0.15) is 0 Å². The number of nitrogens with one attached hydrogen (secondary N) is 1. The number of carbonyl (C=O) groups is 1. The third kappa shape index (κ3) is 1.91. The van der Waals surface area contributed by atoms with E-state index in [0.29, 0.717) is 17.3 Å². The zero-order valence-corrected chi connectivity index (χ0v) is 8.79. The highest BCUT2D eigenvalue weighted by molar-refractivity contribution is 6.34. The standard InChI is InChI=1S/C10H11ClN2O2/c11-7-2-1-3-8-10(7)13(4-5-14)6-9(15)12-8/h1-3,14H,4-6H2,(H,12,15).